The molecule has 5 nitrogen and oxygen atoms in total. The molecule has 6 heteroatoms. The molecule has 0 radical (unpaired) electrons. The fourth-order valence-electron chi connectivity index (χ4n) is 3.66. The first kappa shape index (κ1) is 21.0. The Bertz CT molecular complexity index is 1010. The topological polar surface area (TPSA) is 63.7 Å². The summed E-state index contributed by atoms with van der Waals surface area (Å²) < 4.78 is 17.4. The van der Waals surface area contributed by atoms with Gasteiger partial charge in [-0.25, -0.2) is 4.79 Å². The van der Waals surface area contributed by atoms with Crippen molar-refractivity contribution in [3.05, 3.63) is 71.4 Å². The fourth-order valence-corrected chi connectivity index (χ4v) is 4.59. The molecule has 1 aliphatic heterocycles. The Morgan fingerprint density at radius 3 is 2.45 bits per heavy atom. The number of anilines is 1. The Labute approximate surface area is 173 Å². The van der Waals surface area contributed by atoms with Gasteiger partial charge in [0.2, 0.25) is 0 Å². The molecule has 0 spiro atoms. The number of hydrogen-bond acceptors (Lipinski definition) is 5. The summed E-state index contributed by atoms with van der Waals surface area (Å²) in [5.74, 6) is -0.538. The average Bonchev–Trinajstić information content (AvgIpc) is 2.92. The number of hydrogen-bond donors (Lipinski definition) is 0. The van der Waals surface area contributed by atoms with E-state index in [0.29, 0.717) is 10.6 Å². The van der Waals surface area contributed by atoms with Crippen LogP contribution in [0.3, 0.4) is 0 Å². The highest BCUT2D eigenvalue weighted by Crippen LogP contribution is 2.46. The van der Waals surface area contributed by atoms with E-state index in [4.69, 9.17) is 4.74 Å². The Morgan fingerprint density at radius 2 is 1.76 bits per heavy atom. The van der Waals surface area contributed by atoms with Crippen LogP contribution < -0.4 is 4.90 Å². The highest BCUT2D eigenvalue weighted by Gasteiger charge is 2.38. The molecule has 0 aromatic heterocycles. The molecule has 1 atom stereocenters. The first-order valence-corrected chi connectivity index (χ1v) is 10.8. The van der Waals surface area contributed by atoms with Gasteiger partial charge in [0.05, 0.1) is 21.3 Å². The molecular formula is C23H25NO4S. The Kier molecular flexibility index (Phi) is 6.03. The Balaban J connectivity index is 1.74. The minimum absolute atomic E-state index is 0.235. The molecule has 1 heterocycles. The van der Waals surface area contributed by atoms with E-state index in [-0.39, 0.29) is 23.4 Å². The van der Waals surface area contributed by atoms with E-state index in [1.165, 1.54) is 0 Å². The summed E-state index contributed by atoms with van der Waals surface area (Å²) in [6.07, 6.45) is 1.55. The number of benzene rings is 2. The van der Waals surface area contributed by atoms with E-state index >= 15 is 0 Å². The third-order valence-electron chi connectivity index (χ3n) is 5.20. The summed E-state index contributed by atoms with van der Waals surface area (Å²) >= 11 is 0. The molecule has 2 aromatic carbocycles. The van der Waals surface area contributed by atoms with Crippen LogP contribution in [-0.2, 0) is 25.7 Å². The van der Waals surface area contributed by atoms with Crippen LogP contribution in [-0.4, -0.2) is 35.4 Å². The van der Waals surface area contributed by atoms with Crippen LogP contribution in [0.1, 0.15) is 36.7 Å². The summed E-state index contributed by atoms with van der Waals surface area (Å²) in [5, 5.41) is 0. The number of carbonyl (C=O) groups is 2. The lowest BCUT2D eigenvalue weighted by molar-refractivity contribution is -0.117. The number of para-hydroxylation sites is 1. The lowest BCUT2D eigenvalue weighted by atomic mass is 9.83. The number of fused-ring (bicyclic) bond motifs is 1. The molecule has 0 saturated carbocycles. The third kappa shape index (κ3) is 4.03. The SMILES string of the molecule is CC[S@@](=O)c1ccccc1C(=O)OCC(=O)/C=C1/N(C)c2ccccc2C1(C)C. The Morgan fingerprint density at radius 1 is 1.10 bits per heavy atom. The molecule has 29 heavy (non-hydrogen) atoms. The van der Waals surface area contributed by atoms with E-state index in [9.17, 15) is 13.8 Å². The summed E-state index contributed by atoms with van der Waals surface area (Å²) in [6.45, 7) is 5.55. The second-order valence-electron chi connectivity index (χ2n) is 7.40. The summed E-state index contributed by atoms with van der Waals surface area (Å²) in [4.78, 5) is 27.4. The molecule has 0 N–H and O–H groups in total. The maximum absolute atomic E-state index is 12.6. The van der Waals surface area contributed by atoms with Crippen LogP contribution in [0, 0.1) is 0 Å². The van der Waals surface area contributed by atoms with Crippen molar-refractivity contribution >= 4 is 28.2 Å². The van der Waals surface area contributed by atoms with Gasteiger partial charge in [0.25, 0.3) is 0 Å². The van der Waals surface area contributed by atoms with E-state index in [0.717, 1.165) is 16.9 Å². The van der Waals surface area contributed by atoms with Gasteiger partial charge in [0, 0.05) is 35.7 Å². The van der Waals surface area contributed by atoms with Crippen LogP contribution in [0.25, 0.3) is 0 Å². The standard InChI is InChI=1S/C23H25NO4S/c1-5-29(27)20-13-9-6-10-17(20)22(26)28-15-16(25)14-21-23(2,3)18-11-7-8-12-19(18)24(21)4/h6-14H,5,15H2,1-4H3/b21-14+/t29-/m1/s1. The minimum Gasteiger partial charge on any atom is -0.454 e. The normalized spacial score (nSPS) is 17.1. The molecule has 0 saturated heterocycles. The van der Waals surface area contributed by atoms with E-state index in [2.05, 4.69) is 19.9 Å². The minimum atomic E-state index is -1.28. The molecule has 0 aliphatic carbocycles. The zero-order valence-electron chi connectivity index (χ0n) is 17.1. The number of allylic oxidation sites excluding steroid dienone is 1. The quantitative estimate of drug-likeness (QED) is 0.534. The lowest BCUT2D eigenvalue weighted by Crippen LogP contribution is -2.25. The van der Waals surface area contributed by atoms with Crippen LogP contribution in [0.15, 0.2) is 65.2 Å². The third-order valence-corrected chi connectivity index (χ3v) is 6.57. The first-order valence-electron chi connectivity index (χ1n) is 9.50. The maximum Gasteiger partial charge on any atom is 0.339 e. The average molecular weight is 412 g/mol. The largest absolute Gasteiger partial charge is 0.454 e. The van der Waals surface area contributed by atoms with Crippen molar-refractivity contribution in [1.29, 1.82) is 0 Å². The monoisotopic (exact) mass is 411 g/mol. The van der Waals surface area contributed by atoms with Gasteiger partial charge in [-0.15, -0.1) is 0 Å². The number of esters is 1. The van der Waals surface area contributed by atoms with Gasteiger partial charge in [-0.05, 0) is 23.8 Å². The fraction of sp³-hybridized carbons (Fsp3) is 0.304. The molecule has 0 unspecified atom stereocenters. The molecule has 0 bridgehead atoms. The summed E-state index contributed by atoms with van der Waals surface area (Å²) in [6, 6.07) is 14.7. The van der Waals surface area contributed by atoms with Crippen molar-refractivity contribution < 1.29 is 18.5 Å². The summed E-state index contributed by atoms with van der Waals surface area (Å²) in [7, 11) is 0.643. The van der Waals surface area contributed by atoms with Gasteiger partial charge in [0.15, 0.2) is 12.4 Å². The molecule has 2 aromatic rings. The first-order chi connectivity index (χ1) is 13.8. The van der Waals surface area contributed by atoms with Gasteiger partial charge >= 0.3 is 5.97 Å². The van der Waals surface area contributed by atoms with Crippen LogP contribution in [0.4, 0.5) is 5.69 Å². The van der Waals surface area contributed by atoms with Crippen molar-refractivity contribution in [3.63, 3.8) is 0 Å². The number of likely N-dealkylation sites (N-methyl/N-ethyl adjacent to an activating group) is 1. The predicted octanol–water partition coefficient (Wildman–Crippen LogP) is 3.85. The number of nitrogens with zero attached hydrogens (tertiary/aromatic N) is 1. The molecule has 152 valence electrons. The second kappa shape index (κ2) is 8.33. The van der Waals surface area contributed by atoms with Crippen LogP contribution in [0.2, 0.25) is 0 Å². The molecule has 0 fully saturated rings. The van der Waals surface area contributed by atoms with E-state index in [1.807, 2.05) is 30.1 Å². The highest BCUT2D eigenvalue weighted by molar-refractivity contribution is 7.85. The number of ketones is 1. The predicted molar refractivity (Wildman–Crippen MR) is 115 cm³/mol. The van der Waals surface area contributed by atoms with Gasteiger partial charge in [-0.2, -0.15) is 0 Å². The molecule has 1 aliphatic rings. The lowest BCUT2D eigenvalue weighted by Gasteiger charge is -2.23. The maximum atomic E-state index is 12.6. The van der Waals surface area contributed by atoms with Gasteiger partial charge < -0.3 is 9.64 Å². The van der Waals surface area contributed by atoms with Crippen molar-refractivity contribution in [3.8, 4) is 0 Å². The van der Waals surface area contributed by atoms with Crippen LogP contribution in [0.5, 0.6) is 0 Å². The zero-order chi connectivity index (χ0) is 21.2. The zero-order valence-corrected chi connectivity index (χ0v) is 17.9. The smallest absolute Gasteiger partial charge is 0.339 e. The van der Waals surface area contributed by atoms with Crippen molar-refractivity contribution in [1.82, 2.24) is 0 Å². The number of rotatable bonds is 6. The van der Waals surface area contributed by atoms with E-state index in [1.54, 1.807) is 37.3 Å². The Hall–Kier alpha value is -2.73. The van der Waals surface area contributed by atoms with Crippen molar-refractivity contribution in [2.75, 3.05) is 24.3 Å². The van der Waals surface area contributed by atoms with Gasteiger partial charge in [-0.3, -0.25) is 9.00 Å². The molecule has 0 amide bonds. The van der Waals surface area contributed by atoms with Crippen molar-refractivity contribution in [2.24, 2.45) is 0 Å². The van der Waals surface area contributed by atoms with E-state index < -0.39 is 16.8 Å². The second-order valence-corrected chi connectivity index (χ2v) is 9.11. The van der Waals surface area contributed by atoms with Gasteiger partial charge in [-0.1, -0.05) is 51.1 Å². The number of ether oxygens (including phenoxy) is 1. The summed E-state index contributed by atoms with van der Waals surface area (Å²) in [5.41, 5.74) is 2.97. The molecular weight excluding hydrogens is 386 g/mol. The van der Waals surface area contributed by atoms with Gasteiger partial charge in [0.1, 0.15) is 0 Å². The van der Waals surface area contributed by atoms with Crippen LogP contribution >= 0.6 is 0 Å². The molecule has 3 rings (SSSR count). The number of carbonyl (C=O) groups excluding carboxylic acids is 2. The van der Waals surface area contributed by atoms with Crippen molar-refractivity contribution in [2.45, 2.75) is 31.1 Å². The highest BCUT2D eigenvalue weighted by atomic mass is 32.2.